The molecule has 0 aromatic heterocycles. The Bertz CT molecular complexity index is 744. The minimum absolute atomic E-state index is 0.0294. The minimum Gasteiger partial charge on any atom is -0.493 e. The van der Waals surface area contributed by atoms with Crippen molar-refractivity contribution < 1.29 is 14.3 Å². The molecule has 0 aliphatic carbocycles. The lowest BCUT2D eigenvalue weighted by Crippen LogP contribution is -2.24. The van der Waals surface area contributed by atoms with Crippen LogP contribution in [-0.4, -0.2) is 33.2 Å². The summed E-state index contributed by atoms with van der Waals surface area (Å²) in [4.78, 5) is 12.2. The van der Waals surface area contributed by atoms with Crippen LogP contribution in [-0.2, 0) is 11.2 Å². The molecule has 0 fully saturated rings. The summed E-state index contributed by atoms with van der Waals surface area (Å²) in [6, 6.07) is 13.9. The Morgan fingerprint density at radius 3 is 2.44 bits per heavy atom. The van der Waals surface area contributed by atoms with Crippen LogP contribution in [0.25, 0.3) is 0 Å². The molecule has 2 N–H and O–H groups in total. The summed E-state index contributed by atoms with van der Waals surface area (Å²) in [5.41, 5.74) is 3.23. The van der Waals surface area contributed by atoms with Crippen molar-refractivity contribution in [2.45, 2.75) is 32.6 Å². The Morgan fingerprint density at radius 2 is 1.74 bits per heavy atom. The zero-order valence-electron chi connectivity index (χ0n) is 16.7. The van der Waals surface area contributed by atoms with Crippen molar-refractivity contribution >= 4 is 11.6 Å². The summed E-state index contributed by atoms with van der Waals surface area (Å²) in [7, 11) is 3.26. The fourth-order valence-electron chi connectivity index (χ4n) is 2.92. The van der Waals surface area contributed by atoms with Crippen molar-refractivity contribution in [3.8, 4) is 11.5 Å². The van der Waals surface area contributed by atoms with Gasteiger partial charge in [-0.25, -0.2) is 0 Å². The van der Waals surface area contributed by atoms with Crippen LogP contribution >= 0.6 is 0 Å². The Hall–Kier alpha value is -2.53. The van der Waals surface area contributed by atoms with Crippen molar-refractivity contribution in [1.82, 2.24) is 5.32 Å². The summed E-state index contributed by atoms with van der Waals surface area (Å²) in [5.74, 6) is 1.87. The van der Waals surface area contributed by atoms with Crippen molar-refractivity contribution in [3.05, 3.63) is 53.6 Å². The van der Waals surface area contributed by atoms with Crippen LogP contribution in [0.15, 0.2) is 42.5 Å². The molecule has 0 unspecified atom stereocenters. The predicted octanol–water partition coefficient (Wildman–Crippen LogP) is 3.99. The first kappa shape index (κ1) is 20.8. The molecule has 146 valence electrons. The number of ether oxygens (including phenoxy) is 2. The van der Waals surface area contributed by atoms with E-state index in [-0.39, 0.29) is 5.91 Å². The van der Waals surface area contributed by atoms with Crippen molar-refractivity contribution in [2.75, 3.05) is 32.6 Å². The van der Waals surface area contributed by atoms with Crippen molar-refractivity contribution in [1.29, 1.82) is 0 Å². The fraction of sp³-hybridized carbons (Fsp3) is 0.409. The van der Waals surface area contributed by atoms with Gasteiger partial charge in [-0.05, 0) is 48.2 Å². The number of nitrogens with one attached hydrogen (secondary N) is 2. The van der Waals surface area contributed by atoms with E-state index in [9.17, 15) is 4.79 Å². The molecule has 0 saturated heterocycles. The maximum absolute atomic E-state index is 12.2. The molecule has 0 radical (unpaired) electrons. The predicted molar refractivity (Wildman–Crippen MR) is 110 cm³/mol. The molecule has 0 atom stereocenters. The first-order chi connectivity index (χ1) is 13.0. The number of para-hydroxylation sites is 1. The number of carbonyl (C=O) groups excluding carboxylic acids is 1. The Kier molecular flexibility index (Phi) is 8.14. The quantitative estimate of drug-likeness (QED) is 0.621. The highest BCUT2D eigenvalue weighted by molar-refractivity contribution is 5.91. The third-order valence-corrected chi connectivity index (χ3v) is 4.42. The largest absolute Gasteiger partial charge is 0.493 e. The van der Waals surface area contributed by atoms with Gasteiger partial charge >= 0.3 is 0 Å². The van der Waals surface area contributed by atoms with Gasteiger partial charge in [-0.1, -0.05) is 38.1 Å². The van der Waals surface area contributed by atoms with Gasteiger partial charge < -0.3 is 20.1 Å². The zero-order chi connectivity index (χ0) is 19.6. The molecule has 5 heteroatoms. The molecule has 0 spiro atoms. The lowest BCUT2D eigenvalue weighted by Gasteiger charge is -2.13. The molecule has 0 saturated carbocycles. The van der Waals surface area contributed by atoms with Gasteiger partial charge in [-0.15, -0.1) is 0 Å². The molecular formula is C22H30N2O3. The van der Waals surface area contributed by atoms with Gasteiger partial charge in [-0.3, -0.25) is 4.79 Å². The zero-order valence-corrected chi connectivity index (χ0v) is 16.7. The molecule has 27 heavy (non-hydrogen) atoms. The number of anilines is 1. The van der Waals surface area contributed by atoms with Gasteiger partial charge in [-0.2, -0.15) is 0 Å². The number of hydrogen-bond donors (Lipinski definition) is 2. The maximum Gasteiger partial charge on any atom is 0.225 e. The smallest absolute Gasteiger partial charge is 0.225 e. The van der Waals surface area contributed by atoms with Gasteiger partial charge in [0.15, 0.2) is 11.5 Å². The second-order valence-electron chi connectivity index (χ2n) is 6.73. The summed E-state index contributed by atoms with van der Waals surface area (Å²) < 4.78 is 10.6. The first-order valence-electron chi connectivity index (χ1n) is 9.35. The van der Waals surface area contributed by atoms with Crippen LogP contribution in [0.1, 0.15) is 37.3 Å². The molecule has 0 aliphatic heterocycles. The molecule has 2 aromatic rings. The standard InChI is InChI=1S/C22H30N2O3/c1-16(2)18-7-5-6-8-19(18)24-22(25)12-14-23-13-11-17-9-10-20(26-3)21(15-17)27-4/h5-10,15-16,23H,11-14H2,1-4H3,(H,24,25). The Balaban J connectivity index is 1.73. The highest BCUT2D eigenvalue weighted by Crippen LogP contribution is 2.27. The van der Waals surface area contributed by atoms with Crippen LogP contribution in [0.5, 0.6) is 11.5 Å². The van der Waals surface area contributed by atoms with E-state index in [0.717, 1.165) is 41.3 Å². The molecule has 0 heterocycles. The number of carbonyl (C=O) groups is 1. The number of hydrogen-bond acceptors (Lipinski definition) is 4. The van der Waals surface area contributed by atoms with Crippen molar-refractivity contribution in [3.63, 3.8) is 0 Å². The molecule has 1 amide bonds. The monoisotopic (exact) mass is 370 g/mol. The van der Waals surface area contributed by atoms with Crippen LogP contribution < -0.4 is 20.1 Å². The number of methoxy groups -OCH3 is 2. The maximum atomic E-state index is 12.2. The average molecular weight is 370 g/mol. The van der Waals surface area contributed by atoms with Crippen LogP contribution in [0, 0.1) is 0 Å². The molecule has 5 nitrogen and oxygen atoms in total. The Morgan fingerprint density at radius 1 is 1.00 bits per heavy atom. The van der Waals surface area contributed by atoms with E-state index < -0.39 is 0 Å². The second kappa shape index (κ2) is 10.6. The van der Waals surface area contributed by atoms with E-state index >= 15 is 0 Å². The molecule has 0 aliphatic rings. The first-order valence-corrected chi connectivity index (χ1v) is 9.35. The van der Waals surface area contributed by atoms with Gasteiger partial charge in [0.25, 0.3) is 0 Å². The van der Waals surface area contributed by atoms with E-state index in [4.69, 9.17) is 9.47 Å². The summed E-state index contributed by atoms with van der Waals surface area (Å²) >= 11 is 0. The summed E-state index contributed by atoms with van der Waals surface area (Å²) in [5, 5.41) is 6.34. The van der Waals surface area contributed by atoms with Gasteiger partial charge in [0.1, 0.15) is 0 Å². The lowest BCUT2D eigenvalue weighted by molar-refractivity contribution is -0.116. The topological polar surface area (TPSA) is 59.6 Å². The normalized spacial score (nSPS) is 10.7. The van der Waals surface area contributed by atoms with E-state index in [2.05, 4.69) is 30.5 Å². The number of benzene rings is 2. The van der Waals surface area contributed by atoms with Gasteiger partial charge in [0.05, 0.1) is 14.2 Å². The van der Waals surface area contributed by atoms with Gasteiger partial charge in [0.2, 0.25) is 5.91 Å². The Labute approximate surface area is 162 Å². The summed E-state index contributed by atoms with van der Waals surface area (Å²) in [6.07, 6.45) is 1.30. The third-order valence-electron chi connectivity index (χ3n) is 4.42. The number of amides is 1. The highest BCUT2D eigenvalue weighted by atomic mass is 16.5. The SMILES string of the molecule is COc1ccc(CCNCCC(=O)Nc2ccccc2C(C)C)cc1OC. The van der Waals surface area contributed by atoms with E-state index in [1.807, 2.05) is 36.4 Å². The van der Waals surface area contributed by atoms with Crippen LogP contribution in [0.2, 0.25) is 0 Å². The molecule has 2 rings (SSSR count). The van der Waals surface area contributed by atoms with E-state index in [1.165, 1.54) is 0 Å². The minimum atomic E-state index is 0.0294. The van der Waals surface area contributed by atoms with E-state index in [0.29, 0.717) is 18.9 Å². The average Bonchev–Trinajstić information content (AvgIpc) is 2.67. The van der Waals surface area contributed by atoms with Crippen molar-refractivity contribution in [2.24, 2.45) is 0 Å². The summed E-state index contributed by atoms with van der Waals surface area (Å²) in [6.45, 7) is 5.69. The second-order valence-corrected chi connectivity index (χ2v) is 6.73. The highest BCUT2D eigenvalue weighted by Gasteiger charge is 2.09. The lowest BCUT2D eigenvalue weighted by atomic mass is 10.0. The fourth-order valence-corrected chi connectivity index (χ4v) is 2.92. The molecule has 2 aromatic carbocycles. The molecular weight excluding hydrogens is 340 g/mol. The number of rotatable bonds is 10. The van der Waals surface area contributed by atoms with Crippen LogP contribution in [0.4, 0.5) is 5.69 Å². The van der Waals surface area contributed by atoms with E-state index in [1.54, 1.807) is 14.2 Å². The molecule has 0 bridgehead atoms. The van der Waals surface area contributed by atoms with Gasteiger partial charge in [0, 0.05) is 18.7 Å². The van der Waals surface area contributed by atoms with Crippen LogP contribution in [0.3, 0.4) is 0 Å². The third kappa shape index (κ3) is 6.29.